The van der Waals surface area contributed by atoms with Crippen LogP contribution in [-0.2, 0) is 5.34 Å². The first kappa shape index (κ1) is 11.6. The first-order valence-corrected chi connectivity index (χ1v) is 5.60. The van der Waals surface area contributed by atoms with Crippen LogP contribution >= 0.6 is 0 Å². The van der Waals surface area contributed by atoms with Crippen LogP contribution in [0.3, 0.4) is 0 Å². The molecule has 1 aliphatic heterocycles. The number of hydrogen-bond donors (Lipinski definition) is 1. The molecular weight excluding hydrogens is 200 g/mol. The molecule has 0 amide bonds. The van der Waals surface area contributed by atoms with Crippen molar-refractivity contribution in [3.63, 3.8) is 0 Å². The van der Waals surface area contributed by atoms with Gasteiger partial charge in [-0.1, -0.05) is 0 Å². The van der Waals surface area contributed by atoms with Gasteiger partial charge < -0.3 is 10.5 Å². The minimum Gasteiger partial charge on any atom is -0.500 e. The molecule has 0 saturated heterocycles. The van der Waals surface area contributed by atoms with Crippen LogP contribution in [-0.4, -0.2) is 37.4 Å². The molecule has 80 valence electrons. The van der Waals surface area contributed by atoms with Crippen LogP contribution in [0.15, 0.2) is 12.1 Å². The van der Waals surface area contributed by atoms with Gasteiger partial charge >= 0.3 is 0 Å². The van der Waals surface area contributed by atoms with Crippen molar-refractivity contribution >= 4 is 31.4 Å². The lowest BCUT2D eigenvalue weighted by Crippen LogP contribution is -2.40. The lowest BCUT2D eigenvalue weighted by Gasteiger charge is -2.24. The summed E-state index contributed by atoms with van der Waals surface area (Å²) in [6.07, 6.45) is 0. The van der Waals surface area contributed by atoms with Crippen LogP contribution in [0.2, 0.25) is 0 Å². The Morgan fingerprint density at radius 3 is 2.50 bits per heavy atom. The van der Waals surface area contributed by atoms with E-state index in [4.69, 9.17) is 10.5 Å². The van der Waals surface area contributed by atoms with Gasteiger partial charge in [-0.15, -0.1) is 0 Å². The number of hydrogen-bond acceptors (Lipinski definition) is 2. The summed E-state index contributed by atoms with van der Waals surface area (Å²) < 4.78 is 19.6. The molecule has 16 heavy (non-hydrogen) atoms. The third-order valence-corrected chi connectivity index (χ3v) is 3.27. The summed E-state index contributed by atoms with van der Waals surface area (Å²) in [6, 6.07) is 3.21. The van der Waals surface area contributed by atoms with Crippen molar-refractivity contribution in [2.24, 2.45) is 5.73 Å². The van der Waals surface area contributed by atoms with Crippen LogP contribution in [0.1, 0.15) is 16.9 Å². The van der Waals surface area contributed by atoms with Crippen molar-refractivity contribution < 1.29 is 9.13 Å². The minimum atomic E-state index is -0.683. The van der Waals surface area contributed by atoms with Crippen molar-refractivity contribution in [2.75, 3.05) is 0 Å². The van der Waals surface area contributed by atoms with Crippen molar-refractivity contribution in [2.45, 2.75) is 17.2 Å². The topological polar surface area (TPSA) is 35.2 Å². The van der Waals surface area contributed by atoms with Crippen molar-refractivity contribution in [1.82, 2.24) is 0 Å². The second kappa shape index (κ2) is 3.59. The van der Waals surface area contributed by atoms with E-state index in [2.05, 4.69) is 0 Å². The van der Waals surface area contributed by atoms with Gasteiger partial charge in [0, 0.05) is 0 Å². The average molecular weight is 214 g/mol. The molecule has 2 N–H and O–H groups in total. The monoisotopic (exact) mass is 215 g/mol. The van der Waals surface area contributed by atoms with E-state index in [9.17, 15) is 4.39 Å². The van der Waals surface area contributed by atoms with Crippen LogP contribution in [0, 0.1) is 5.82 Å². The van der Waals surface area contributed by atoms with Gasteiger partial charge in [-0.25, -0.2) is 4.39 Å². The Kier molecular flexibility index (Phi) is 2.61. The van der Waals surface area contributed by atoms with Gasteiger partial charge in [0.2, 0.25) is 0 Å². The molecule has 1 aliphatic rings. The highest BCUT2D eigenvalue weighted by Gasteiger charge is 2.34. The molecule has 0 saturated carbocycles. The van der Waals surface area contributed by atoms with E-state index in [1.54, 1.807) is 6.07 Å². The zero-order valence-corrected chi connectivity index (χ0v) is 10.2. The fourth-order valence-corrected chi connectivity index (χ4v) is 2.32. The quantitative estimate of drug-likeness (QED) is 0.512. The Morgan fingerprint density at radius 2 is 1.94 bits per heavy atom. The molecular formula is C9H14B4FNO. The van der Waals surface area contributed by atoms with Gasteiger partial charge in [-0.05, 0) is 34.4 Å². The van der Waals surface area contributed by atoms with Gasteiger partial charge in [0.25, 0.3) is 0 Å². The molecule has 1 heterocycles. The highest BCUT2D eigenvalue weighted by atomic mass is 19.1. The van der Waals surface area contributed by atoms with Crippen LogP contribution < -0.4 is 10.5 Å². The maximum absolute atomic E-state index is 13.9. The Bertz CT molecular complexity index is 434. The normalized spacial score (nSPS) is 23.9. The summed E-state index contributed by atoms with van der Waals surface area (Å²) in [4.78, 5) is 0. The van der Waals surface area contributed by atoms with E-state index in [0.29, 0.717) is 5.56 Å². The van der Waals surface area contributed by atoms with Crippen LogP contribution in [0.25, 0.3) is 0 Å². The lowest BCUT2D eigenvalue weighted by atomic mass is 9.55. The van der Waals surface area contributed by atoms with E-state index in [1.165, 1.54) is 6.07 Å². The summed E-state index contributed by atoms with van der Waals surface area (Å²) in [7, 11) is 7.68. The molecule has 1 aromatic rings. The predicted octanol–water partition coefficient (Wildman–Crippen LogP) is -2.81. The molecule has 2 atom stereocenters. The van der Waals surface area contributed by atoms with Crippen LogP contribution in [0.5, 0.6) is 5.75 Å². The zero-order chi connectivity index (χ0) is 12.1. The first-order chi connectivity index (χ1) is 7.32. The summed E-state index contributed by atoms with van der Waals surface area (Å²) >= 11 is 0. The van der Waals surface area contributed by atoms with Gasteiger partial charge in [0.05, 0.1) is 6.00 Å². The summed E-state index contributed by atoms with van der Waals surface area (Å²) in [6.45, 7) is 0. The van der Waals surface area contributed by atoms with Gasteiger partial charge in [-0.2, -0.15) is 0 Å². The van der Waals surface area contributed by atoms with E-state index in [1.807, 2.05) is 31.4 Å². The SMILES string of the molecule is BC1Oc2ccc(F)c(C(B)(B)N)c2C1B. The molecule has 0 bridgehead atoms. The fourth-order valence-electron chi connectivity index (χ4n) is 2.32. The Morgan fingerprint density at radius 1 is 1.31 bits per heavy atom. The second-order valence-corrected chi connectivity index (χ2v) is 5.17. The summed E-state index contributed by atoms with van der Waals surface area (Å²) in [5, 5.41) is -0.683. The Balaban J connectivity index is 2.67. The number of ether oxygens (including phenoxy) is 1. The average Bonchev–Trinajstić information content (AvgIpc) is 2.42. The summed E-state index contributed by atoms with van der Waals surface area (Å²) in [5.74, 6) is 0.717. The number of halogens is 1. The second-order valence-electron chi connectivity index (χ2n) is 5.17. The molecule has 2 unspecified atom stereocenters. The molecule has 7 heteroatoms. The molecule has 0 radical (unpaired) electrons. The van der Waals surface area contributed by atoms with E-state index in [-0.39, 0.29) is 17.6 Å². The third-order valence-electron chi connectivity index (χ3n) is 3.27. The molecule has 2 nitrogen and oxygen atoms in total. The highest BCUT2D eigenvalue weighted by Crippen LogP contribution is 2.40. The predicted molar refractivity (Wildman–Crippen MR) is 73.6 cm³/mol. The smallest absolute Gasteiger partial charge is 0.154 e. The molecule has 1 aromatic carbocycles. The van der Waals surface area contributed by atoms with Gasteiger partial charge in [-0.3, -0.25) is 0 Å². The van der Waals surface area contributed by atoms with E-state index in [0.717, 1.165) is 11.3 Å². The molecule has 0 aromatic heterocycles. The Labute approximate surface area is 98.7 Å². The van der Waals surface area contributed by atoms with E-state index < -0.39 is 5.34 Å². The van der Waals surface area contributed by atoms with Crippen molar-refractivity contribution in [1.29, 1.82) is 0 Å². The minimum absolute atomic E-state index is 0.0814. The van der Waals surface area contributed by atoms with Crippen molar-refractivity contribution in [3.8, 4) is 5.75 Å². The maximum Gasteiger partial charge on any atom is 0.154 e. The molecule has 0 spiro atoms. The fraction of sp³-hybridized carbons (Fsp3) is 0.333. The number of nitrogens with two attached hydrogens (primary N) is 1. The highest BCUT2D eigenvalue weighted by molar-refractivity contribution is 6.40. The first-order valence-electron chi connectivity index (χ1n) is 5.60. The maximum atomic E-state index is 13.9. The molecule has 2 rings (SSSR count). The molecule has 0 aliphatic carbocycles. The molecule has 0 fully saturated rings. The number of rotatable bonds is 1. The largest absolute Gasteiger partial charge is 0.500 e. The summed E-state index contributed by atoms with van der Waals surface area (Å²) in [5.41, 5.74) is 7.56. The van der Waals surface area contributed by atoms with Gasteiger partial charge in [0.1, 0.15) is 35.1 Å². The van der Waals surface area contributed by atoms with Crippen LogP contribution in [0.4, 0.5) is 4.39 Å². The Hall–Kier alpha value is -0.830. The number of fused-ring (bicyclic) bond motifs is 1. The van der Waals surface area contributed by atoms with Crippen molar-refractivity contribution in [3.05, 3.63) is 29.1 Å². The number of benzene rings is 1. The standard InChI is InChI=1S/C9H14B4FNO/c10-7-5-4(16-8(7)11)2-1-3(14)6(5)9(12,13)15/h1-2,7-8H,10-13,15H2. The lowest BCUT2D eigenvalue weighted by molar-refractivity contribution is 0.311. The zero-order valence-electron chi connectivity index (χ0n) is 10.2. The van der Waals surface area contributed by atoms with Gasteiger partial charge in [0.15, 0.2) is 7.85 Å². The van der Waals surface area contributed by atoms with E-state index >= 15 is 0 Å². The third kappa shape index (κ3) is 1.67.